The number of hydrogen-bond donors (Lipinski definition) is 2. The minimum Gasteiger partial charge on any atom is -0.479 e. The van der Waals surface area contributed by atoms with E-state index in [-0.39, 0.29) is 0 Å². The molecule has 1 aromatic carbocycles. The smallest absolute Gasteiger partial charge is 0.330 e. The summed E-state index contributed by atoms with van der Waals surface area (Å²) in [5.41, 5.74) is 0.844. The maximum absolute atomic E-state index is 11.9. The van der Waals surface area contributed by atoms with Crippen molar-refractivity contribution >= 4 is 11.9 Å². The molecular formula is C14H12N2O3. The summed E-state index contributed by atoms with van der Waals surface area (Å²) in [6, 6.07) is 10.7. The molecule has 0 aliphatic carbocycles. The molecule has 2 N–H and O–H groups in total. The number of carbonyl (C=O) groups excluding carboxylic acids is 1. The van der Waals surface area contributed by atoms with Crippen LogP contribution < -0.4 is 5.32 Å². The van der Waals surface area contributed by atoms with E-state index in [1.165, 1.54) is 6.20 Å². The van der Waals surface area contributed by atoms with E-state index in [9.17, 15) is 14.7 Å². The van der Waals surface area contributed by atoms with Crippen LogP contribution in [-0.4, -0.2) is 22.0 Å². The van der Waals surface area contributed by atoms with Crippen LogP contribution in [0.2, 0.25) is 0 Å². The third-order valence-electron chi connectivity index (χ3n) is 2.58. The molecule has 96 valence electrons. The molecule has 0 saturated carbocycles. The van der Waals surface area contributed by atoms with E-state index in [4.69, 9.17) is 0 Å². The lowest BCUT2D eigenvalue weighted by Gasteiger charge is -2.14. The molecule has 5 nitrogen and oxygen atoms in total. The van der Waals surface area contributed by atoms with Gasteiger partial charge in [0.1, 0.15) is 0 Å². The Balaban J connectivity index is 2.19. The highest BCUT2D eigenvalue weighted by molar-refractivity contribution is 5.96. The molecule has 1 aromatic heterocycles. The number of aromatic nitrogens is 1. The minimum atomic E-state index is -1.11. The van der Waals surface area contributed by atoms with Crippen molar-refractivity contribution in [1.29, 1.82) is 0 Å². The van der Waals surface area contributed by atoms with Crippen LogP contribution in [0, 0.1) is 0 Å². The summed E-state index contributed by atoms with van der Waals surface area (Å²) in [4.78, 5) is 27.0. The van der Waals surface area contributed by atoms with Gasteiger partial charge >= 0.3 is 5.97 Å². The Kier molecular flexibility index (Phi) is 3.87. The van der Waals surface area contributed by atoms with Gasteiger partial charge in [-0.2, -0.15) is 0 Å². The summed E-state index contributed by atoms with van der Waals surface area (Å²) >= 11 is 0. The van der Waals surface area contributed by atoms with Crippen LogP contribution in [0.15, 0.2) is 54.9 Å². The molecular weight excluding hydrogens is 244 g/mol. The first-order chi connectivity index (χ1) is 9.18. The first kappa shape index (κ1) is 12.8. The van der Waals surface area contributed by atoms with Crippen molar-refractivity contribution in [1.82, 2.24) is 10.3 Å². The van der Waals surface area contributed by atoms with Gasteiger partial charge in [-0.15, -0.1) is 0 Å². The van der Waals surface area contributed by atoms with Gasteiger partial charge in [0.05, 0.1) is 5.56 Å². The molecule has 0 spiro atoms. The van der Waals surface area contributed by atoms with E-state index >= 15 is 0 Å². The first-order valence-electron chi connectivity index (χ1n) is 5.67. The lowest BCUT2D eigenvalue weighted by atomic mass is 10.1. The number of rotatable bonds is 4. The normalized spacial score (nSPS) is 11.6. The first-order valence-corrected chi connectivity index (χ1v) is 5.67. The fraction of sp³-hybridized carbons (Fsp3) is 0.0714. The zero-order valence-corrected chi connectivity index (χ0v) is 9.98. The van der Waals surface area contributed by atoms with Gasteiger partial charge in [0.2, 0.25) is 0 Å². The Morgan fingerprint density at radius 1 is 1.11 bits per heavy atom. The second kappa shape index (κ2) is 5.77. The van der Waals surface area contributed by atoms with Gasteiger partial charge in [-0.05, 0) is 17.7 Å². The predicted octanol–water partition coefficient (Wildman–Crippen LogP) is 1.64. The van der Waals surface area contributed by atoms with Crippen molar-refractivity contribution in [3.8, 4) is 0 Å². The van der Waals surface area contributed by atoms with E-state index in [1.807, 2.05) is 0 Å². The van der Waals surface area contributed by atoms with E-state index in [0.29, 0.717) is 11.1 Å². The van der Waals surface area contributed by atoms with Crippen molar-refractivity contribution in [2.75, 3.05) is 0 Å². The molecule has 5 heteroatoms. The lowest BCUT2D eigenvalue weighted by molar-refractivity contribution is -0.139. The number of carboxylic acid groups (broad SMARTS) is 1. The fourth-order valence-corrected chi connectivity index (χ4v) is 1.64. The van der Waals surface area contributed by atoms with Crippen LogP contribution in [0.3, 0.4) is 0 Å². The van der Waals surface area contributed by atoms with Crippen LogP contribution in [0.5, 0.6) is 0 Å². The molecule has 0 fully saturated rings. The lowest BCUT2D eigenvalue weighted by Crippen LogP contribution is -2.33. The van der Waals surface area contributed by atoms with Gasteiger partial charge in [-0.3, -0.25) is 9.78 Å². The summed E-state index contributed by atoms with van der Waals surface area (Å²) < 4.78 is 0. The highest BCUT2D eigenvalue weighted by Gasteiger charge is 2.22. The minimum absolute atomic E-state index is 0.324. The number of carbonyl (C=O) groups is 2. The SMILES string of the molecule is O=C(N[C@H](C(=O)O)c1ccccc1)c1cccnc1. The van der Waals surface area contributed by atoms with E-state index in [0.717, 1.165) is 0 Å². The molecule has 0 unspecified atom stereocenters. The van der Waals surface area contributed by atoms with Crippen molar-refractivity contribution in [2.24, 2.45) is 0 Å². The standard InChI is InChI=1S/C14H12N2O3/c17-13(11-7-4-8-15-9-11)16-12(14(18)19)10-5-2-1-3-6-10/h1-9,12H,(H,16,17)(H,18,19)/t12-/m0/s1. The zero-order valence-electron chi connectivity index (χ0n) is 9.98. The maximum Gasteiger partial charge on any atom is 0.330 e. The molecule has 2 rings (SSSR count). The molecule has 0 bridgehead atoms. The van der Waals surface area contributed by atoms with Gasteiger partial charge in [0.25, 0.3) is 5.91 Å². The van der Waals surface area contributed by atoms with Gasteiger partial charge in [0, 0.05) is 12.4 Å². The van der Waals surface area contributed by atoms with Crippen molar-refractivity contribution < 1.29 is 14.7 Å². The number of pyridine rings is 1. The molecule has 1 amide bonds. The van der Waals surface area contributed by atoms with E-state index < -0.39 is 17.9 Å². The summed E-state index contributed by atoms with van der Waals surface area (Å²) in [6.45, 7) is 0. The van der Waals surface area contributed by atoms with E-state index in [2.05, 4.69) is 10.3 Å². The van der Waals surface area contributed by atoms with Crippen LogP contribution in [0.25, 0.3) is 0 Å². The number of nitrogens with one attached hydrogen (secondary N) is 1. The predicted molar refractivity (Wildman–Crippen MR) is 68.5 cm³/mol. The van der Waals surface area contributed by atoms with Crippen molar-refractivity contribution in [3.63, 3.8) is 0 Å². The topological polar surface area (TPSA) is 79.3 Å². The van der Waals surface area contributed by atoms with Crippen LogP contribution in [-0.2, 0) is 4.79 Å². The highest BCUT2D eigenvalue weighted by Crippen LogP contribution is 2.13. The summed E-state index contributed by atoms with van der Waals surface area (Å²) in [5.74, 6) is -1.58. The molecule has 2 aromatic rings. The van der Waals surface area contributed by atoms with Crippen LogP contribution in [0.1, 0.15) is 22.0 Å². The Morgan fingerprint density at radius 3 is 2.42 bits per heavy atom. The second-order valence-electron chi connectivity index (χ2n) is 3.90. The van der Waals surface area contributed by atoms with Crippen molar-refractivity contribution in [2.45, 2.75) is 6.04 Å². The Bertz CT molecular complexity index is 570. The van der Waals surface area contributed by atoms with Gasteiger partial charge in [-0.1, -0.05) is 30.3 Å². The largest absolute Gasteiger partial charge is 0.479 e. The van der Waals surface area contributed by atoms with Crippen LogP contribution >= 0.6 is 0 Å². The number of hydrogen-bond acceptors (Lipinski definition) is 3. The summed E-state index contributed by atoms with van der Waals surface area (Å²) in [7, 11) is 0. The van der Waals surface area contributed by atoms with Gasteiger partial charge in [0.15, 0.2) is 6.04 Å². The highest BCUT2D eigenvalue weighted by atomic mass is 16.4. The molecule has 1 atom stereocenters. The molecule has 0 aliphatic rings. The van der Waals surface area contributed by atoms with Crippen LogP contribution in [0.4, 0.5) is 0 Å². The zero-order chi connectivity index (χ0) is 13.7. The maximum atomic E-state index is 11.9. The number of aliphatic carboxylic acids is 1. The molecule has 19 heavy (non-hydrogen) atoms. The average Bonchev–Trinajstić information content (AvgIpc) is 2.46. The fourth-order valence-electron chi connectivity index (χ4n) is 1.64. The molecule has 1 heterocycles. The average molecular weight is 256 g/mol. The third kappa shape index (κ3) is 3.16. The molecule has 0 saturated heterocycles. The quantitative estimate of drug-likeness (QED) is 0.871. The van der Waals surface area contributed by atoms with E-state index in [1.54, 1.807) is 48.7 Å². The summed E-state index contributed by atoms with van der Waals surface area (Å²) in [6.07, 6.45) is 2.93. The number of carboxylic acids is 1. The van der Waals surface area contributed by atoms with Crippen molar-refractivity contribution in [3.05, 3.63) is 66.0 Å². The Labute approximate surface area is 109 Å². The summed E-state index contributed by atoms with van der Waals surface area (Å²) in [5, 5.41) is 11.7. The number of amides is 1. The van der Waals surface area contributed by atoms with Gasteiger partial charge < -0.3 is 10.4 Å². The number of benzene rings is 1. The molecule has 0 aliphatic heterocycles. The molecule has 0 radical (unpaired) electrons. The second-order valence-corrected chi connectivity index (χ2v) is 3.90. The Hall–Kier alpha value is -2.69. The Morgan fingerprint density at radius 2 is 1.84 bits per heavy atom. The number of nitrogens with zero attached hydrogens (tertiary/aromatic N) is 1. The van der Waals surface area contributed by atoms with Gasteiger partial charge in [-0.25, -0.2) is 4.79 Å². The third-order valence-corrected chi connectivity index (χ3v) is 2.58. The monoisotopic (exact) mass is 256 g/mol.